The number of urea groups is 1. The van der Waals surface area contributed by atoms with E-state index in [0.717, 1.165) is 5.56 Å². The fraction of sp³-hybridized carbons (Fsp3) is 0.364. The topological polar surface area (TPSA) is 57.1 Å². The van der Waals surface area contributed by atoms with E-state index in [1.807, 2.05) is 30.3 Å². The summed E-state index contributed by atoms with van der Waals surface area (Å²) in [6, 6.07) is 9.29. The lowest BCUT2D eigenvalue weighted by molar-refractivity contribution is 0.195. The van der Waals surface area contributed by atoms with E-state index in [4.69, 9.17) is 11.6 Å². The van der Waals surface area contributed by atoms with Crippen molar-refractivity contribution in [3.8, 4) is 0 Å². The van der Waals surface area contributed by atoms with Gasteiger partial charge in [0.2, 0.25) is 0 Å². The Balaban J connectivity index is 2.67. The first-order valence-corrected chi connectivity index (χ1v) is 5.78. The summed E-state index contributed by atoms with van der Waals surface area (Å²) in [7, 11) is 1.55. The molecule has 0 bridgehead atoms. The molecular weight excluding hydrogens is 240 g/mol. The zero-order valence-electron chi connectivity index (χ0n) is 9.64. The van der Waals surface area contributed by atoms with Crippen LogP contribution in [0.3, 0.4) is 0 Å². The van der Waals surface area contributed by atoms with E-state index in [1.165, 1.54) is 5.01 Å². The van der Waals surface area contributed by atoms with Crippen LogP contribution in [0.15, 0.2) is 40.7 Å². The van der Waals surface area contributed by atoms with Crippen LogP contribution in [-0.4, -0.2) is 30.5 Å². The smallest absolute Gasteiger partial charge is 0.339 e. The summed E-state index contributed by atoms with van der Waals surface area (Å²) >= 11 is 5.49. The molecule has 1 rings (SSSR count). The van der Waals surface area contributed by atoms with E-state index in [1.54, 1.807) is 7.05 Å². The van der Waals surface area contributed by atoms with E-state index in [0.29, 0.717) is 19.0 Å². The molecule has 17 heavy (non-hydrogen) atoms. The number of nitrogens with one attached hydrogen (secondary N) is 1. The Morgan fingerprint density at radius 1 is 1.41 bits per heavy atom. The zero-order valence-corrected chi connectivity index (χ0v) is 10.4. The quantitative estimate of drug-likeness (QED) is 0.490. The molecule has 1 aromatic rings. The number of carbonyl (C=O) groups is 1. The van der Waals surface area contributed by atoms with Gasteiger partial charge in [0.1, 0.15) is 0 Å². The zero-order chi connectivity index (χ0) is 12.5. The third-order valence-electron chi connectivity index (χ3n) is 1.98. The Kier molecular flexibility index (Phi) is 6.03. The predicted molar refractivity (Wildman–Crippen MR) is 66.9 cm³/mol. The lowest BCUT2D eigenvalue weighted by atomic mass is 10.2. The largest absolute Gasteiger partial charge is 0.340 e. The third kappa shape index (κ3) is 4.82. The van der Waals surface area contributed by atoms with E-state index in [-0.39, 0.29) is 6.03 Å². The molecule has 5 nitrogen and oxygen atoms in total. The predicted octanol–water partition coefficient (Wildman–Crippen LogP) is 2.43. The summed E-state index contributed by atoms with van der Waals surface area (Å²) in [5.41, 5.74) is 0.987. The fourth-order valence-electron chi connectivity index (χ4n) is 1.19. The molecular formula is C11H15ClN4O. The molecule has 0 fully saturated rings. The van der Waals surface area contributed by atoms with Crippen LogP contribution < -0.4 is 5.32 Å². The van der Waals surface area contributed by atoms with E-state index in [2.05, 4.69) is 15.7 Å². The molecule has 92 valence electrons. The minimum atomic E-state index is -0.299. The molecule has 0 radical (unpaired) electrons. The molecule has 0 aliphatic rings. The molecule has 0 unspecified atom stereocenters. The van der Waals surface area contributed by atoms with Crippen LogP contribution in [0.2, 0.25) is 0 Å². The van der Waals surface area contributed by atoms with Crippen LogP contribution in [0.1, 0.15) is 5.56 Å². The monoisotopic (exact) mass is 254 g/mol. The summed E-state index contributed by atoms with van der Waals surface area (Å²) in [6.45, 7) is 0.774. The van der Waals surface area contributed by atoms with Crippen molar-refractivity contribution in [3.63, 3.8) is 0 Å². The molecule has 0 atom stereocenters. The Morgan fingerprint density at radius 3 is 2.71 bits per heavy atom. The van der Waals surface area contributed by atoms with Crippen molar-refractivity contribution < 1.29 is 4.79 Å². The Hall–Kier alpha value is -1.62. The number of hydrogen-bond donors (Lipinski definition) is 1. The molecule has 1 aromatic carbocycles. The second kappa shape index (κ2) is 7.62. The number of carbonyl (C=O) groups excluding carboxylic acids is 1. The average molecular weight is 255 g/mol. The highest BCUT2D eigenvalue weighted by Crippen LogP contribution is 2.05. The van der Waals surface area contributed by atoms with E-state index < -0.39 is 0 Å². The summed E-state index contributed by atoms with van der Waals surface area (Å²) in [4.78, 5) is 11.5. The minimum Gasteiger partial charge on any atom is -0.340 e. The van der Waals surface area contributed by atoms with Crippen LogP contribution in [0, 0.1) is 0 Å². The maximum Gasteiger partial charge on any atom is 0.339 e. The van der Waals surface area contributed by atoms with Gasteiger partial charge < -0.3 is 5.32 Å². The minimum absolute atomic E-state index is 0.299. The molecule has 0 aliphatic heterocycles. The van der Waals surface area contributed by atoms with Gasteiger partial charge >= 0.3 is 6.03 Å². The van der Waals surface area contributed by atoms with Crippen LogP contribution >= 0.6 is 11.6 Å². The van der Waals surface area contributed by atoms with Crippen LogP contribution in [0.25, 0.3) is 0 Å². The van der Waals surface area contributed by atoms with Crippen molar-refractivity contribution in [3.05, 3.63) is 35.9 Å². The second-order valence-corrected chi connectivity index (χ2v) is 3.62. The van der Waals surface area contributed by atoms with E-state index in [9.17, 15) is 4.79 Å². The number of alkyl halides is 1. The Labute approximate surface area is 105 Å². The van der Waals surface area contributed by atoms with Gasteiger partial charge in [0.05, 0.1) is 13.1 Å². The first-order chi connectivity index (χ1) is 8.27. The second-order valence-electron chi connectivity index (χ2n) is 3.24. The average Bonchev–Trinajstić information content (AvgIpc) is 2.38. The van der Waals surface area contributed by atoms with Crippen molar-refractivity contribution in [1.82, 2.24) is 10.3 Å². The van der Waals surface area contributed by atoms with Crippen molar-refractivity contribution in [2.24, 2.45) is 10.3 Å². The molecule has 0 saturated heterocycles. The van der Waals surface area contributed by atoms with Gasteiger partial charge in [-0.05, 0) is 5.56 Å². The SMILES string of the molecule is CNC(=O)N(Cc1ccccc1)N=NCCCl. The molecule has 0 heterocycles. The Morgan fingerprint density at radius 2 is 2.12 bits per heavy atom. The molecule has 0 saturated carbocycles. The third-order valence-corrected chi connectivity index (χ3v) is 2.15. The van der Waals surface area contributed by atoms with Gasteiger partial charge in [0.15, 0.2) is 0 Å². The molecule has 1 N–H and O–H groups in total. The van der Waals surface area contributed by atoms with Crippen molar-refractivity contribution >= 4 is 17.6 Å². The lowest BCUT2D eigenvalue weighted by Crippen LogP contribution is -2.33. The van der Waals surface area contributed by atoms with E-state index >= 15 is 0 Å². The van der Waals surface area contributed by atoms with Crippen molar-refractivity contribution in [2.45, 2.75) is 6.54 Å². The number of halogens is 1. The summed E-state index contributed by atoms with van der Waals surface area (Å²) in [6.07, 6.45) is 0. The standard InChI is InChI=1S/C11H15ClN4O/c1-13-11(17)16(15-14-8-7-12)9-10-5-3-2-4-6-10/h2-6H,7-9H2,1H3,(H,13,17). The van der Waals surface area contributed by atoms with Gasteiger partial charge in [-0.2, -0.15) is 10.1 Å². The highest BCUT2D eigenvalue weighted by Gasteiger charge is 2.10. The van der Waals surface area contributed by atoms with Gasteiger partial charge in [-0.25, -0.2) is 4.79 Å². The van der Waals surface area contributed by atoms with Gasteiger partial charge in [-0.1, -0.05) is 35.6 Å². The fourth-order valence-corrected chi connectivity index (χ4v) is 1.26. The Bertz CT molecular complexity index is 369. The lowest BCUT2D eigenvalue weighted by Gasteiger charge is -2.14. The van der Waals surface area contributed by atoms with Gasteiger partial charge in [0, 0.05) is 12.9 Å². The maximum atomic E-state index is 11.5. The molecule has 2 amide bonds. The first-order valence-electron chi connectivity index (χ1n) is 5.24. The molecule has 6 heteroatoms. The van der Waals surface area contributed by atoms with Gasteiger partial charge in [-0.15, -0.1) is 11.6 Å². The first kappa shape index (κ1) is 13.4. The molecule has 0 spiro atoms. The number of rotatable bonds is 5. The van der Waals surface area contributed by atoms with Crippen molar-refractivity contribution in [1.29, 1.82) is 0 Å². The molecule has 0 aromatic heterocycles. The van der Waals surface area contributed by atoms with Crippen molar-refractivity contribution in [2.75, 3.05) is 19.5 Å². The summed E-state index contributed by atoms with van der Waals surface area (Å²) in [5.74, 6) is 0.385. The van der Waals surface area contributed by atoms with Crippen LogP contribution in [0.4, 0.5) is 4.79 Å². The molecule has 0 aliphatic carbocycles. The highest BCUT2D eigenvalue weighted by atomic mass is 35.5. The highest BCUT2D eigenvalue weighted by molar-refractivity contribution is 6.18. The van der Waals surface area contributed by atoms with Gasteiger partial charge in [-0.3, -0.25) is 0 Å². The number of hydrogen-bond acceptors (Lipinski definition) is 3. The van der Waals surface area contributed by atoms with Gasteiger partial charge in [0.25, 0.3) is 0 Å². The van der Waals surface area contributed by atoms with Crippen LogP contribution in [0.5, 0.6) is 0 Å². The maximum absolute atomic E-state index is 11.5. The normalized spacial score (nSPS) is 10.5. The summed E-state index contributed by atoms with van der Waals surface area (Å²) in [5, 5.41) is 11.4. The number of amides is 2. The number of nitrogens with zero attached hydrogens (tertiary/aromatic N) is 3. The summed E-state index contributed by atoms with van der Waals surface area (Å²) < 4.78 is 0. The number of benzene rings is 1. The van der Waals surface area contributed by atoms with Crippen LogP contribution in [-0.2, 0) is 6.54 Å².